The average Bonchev–Trinajstić information content (AvgIpc) is 2.32. The van der Waals surface area contributed by atoms with Crippen molar-refractivity contribution in [3.63, 3.8) is 0 Å². The quantitative estimate of drug-likeness (QED) is 0.589. The van der Waals surface area contributed by atoms with Gasteiger partial charge >= 0.3 is 0 Å². The Bertz CT molecular complexity index is 845. The Kier molecular flexibility index (Phi) is 5.10. The van der Waals surface area contributed by atoms with E-state index in [2.05, 4.69) is 58.9 Å². The largest absolute Gasteiger partial charge is 0.219 e. The Balaban J connectivity index is 2.84. The molecule has 0 radical (unpaired) electrons. The topological polar surface area (TPSA) is 34.1 Å². The van der Waals surface area contributed by atoms with Crippen LogP contribution in [0.2, 0.25) is 58.9 Å². The van der Waals surface area contributed by atoms with Gasteiger partial charge in [0.15, 0.2) is 0 Å². The van der Waals surface area contributed by atoms with Crippen LogP contribution in [0.15, 0.2) is 55.7 Å². The molecule has 0 N–H and O–H groups in total. The lowest BCUT2D eigenvalue weighted by Gasteiger charge is -2.46. The monoisotopic (exact) mass is 408 g/mol. The maximum absolute atomic E-state index is 13.6. The summed E-state index contributed by atoms with van der Waals surface area (Å²) in [7, 11) is -8.61. The van der Waals surface area contributed by atoms with E-state index in [1.807, 2.05) is 18.2 Å². The molecule has 138 valence electrons. The average molecular weight is 409 g/mol. The molecule has 2 nitrogen and oxygen atoms in total. The van der Waals surface area contributed by atoms with Crippen molar-refractivity contribution in [2.24, 2.45) is 0 Å². The van der Waals surface area contributed by atoms with Gasteiger partial charge in [0.25, 0.3) is 0 Å². The normalized spacial score (nSPS) is 17.0. The molecule has 0 heterocycles. The summed E-state index contributed by atoms with van der Waals surface area (Å²) in [5, 5.41) is 3.93. The lowest BCUT2D eigenvalue weighted by Crippen LogP contribution is -2.48. The van der Waals surface area contributed by atoms with Gasteiger partial charge in [-0.2, -0.15) is 0 Å². The van der Waals surface area contributed by atoms with Gasteiger partial charge in [0, 0.05) is 0 Å². The van der Waals surface area contributed by atoms with Crippen LogP contribution in [-0.2, 0) is 9.84 Å². The van der Waals surface area contributed by atoms with Crippen LogP contribution in [0.4, 0.5) is 0 Å². The fourth-order valence-electron chi connectivity index (χ4n) is 3.58. The van der Waals surface area contributed by atoms with Crippen molar-refractivity contribution in [3.05, 3.63) is 50.8 Å². The van der Waals surface area contributed by atoms with Crippen molar-refractivity contribution in [2.45, 2.75) is 63.8 Å². The van der Waals surface area contributed by atoms with Crippen LogP contribution < -0.4 is 0 Å². The fourth-order valence-corrected chi connectivity index (χ4v) is 17.8. The van der Waals surface area contributed by atoms with E-state index in [-0.39, 0.29) is 0 Å². The van der Waals surface area contributed by atoms with Crippen LogP contribution in [0.25, 0.3) is 0 Å². The molecule has 0 spiro atoms. The van der Waals surface area contributed by atoms with Crippen LogP contribution >= 0.6 is 0 Å². The highest BCUT2D eigenvalue weighted by molar-refractivity contribution is 7.96. The number of rotatable bonds is 5. The molecule has 6 heteroatoms. The summed E-state index contributed by atoms with van der Waals surface area (Å²) in [5.74, 6) is 0. The summed E-state index contributed by atoms with van der Waals surface area (Å²) in [4.78, 5) is 1.14. The lowest BCUT2D eigenvalue weighted by atomic mass is 10.2. The zero-order chi connectivity index (χ0) is 19.4. The molecule has 0 saturated carbocycles. The molecular weight excluding hydrogens is 377 g/mol. The molecule has 1 aliphatic carbocycles. The molecule has 1 aromatic rings. The Labute approximate surface area is 157 Å². The Morgan fingerprint density at radius 1 is 0.600 bits per heavy atom. The maximum atomic E-state index is 13.6. The van der Waals surface area contributed by atoms with Gasteiger partial charge in [0.05, 0.1) is 34.0 Å². The van der Waals surface area contributed by atoms with Crippen molar-refractivity contribution in [1.29, 1.82) is 0 Å². The second-order valence-corrected chi connectivity index (χ2v) is 26.9. The van der Waals surface area contributed by atoms with Gasteiger partial charge < -0.3 is 0 Å². The van der Waals surface area contributed by atoms with Crippen LogP contribution in [0, 0.1) is 0 Å². The standard InChI is InChI=1S/C19H32O2SSi3/c1-23(2,3)17-16(22(20,21)15-13-11-10-12-14-15)18(24(4,5)6)19(17)25(7,8)9/h10-14H,1-9H3. The van der Waals surface area contributed by atoms with Crippen LogP contribution in [0.5, 0.6) is 0 Å². The van der Waals surface area contributed by atoms with E-state index in [0.29, 0.717) is 9.80 Å². The lowest BCUT2D eigenvalue weighted by molar-refractivity contribution is 0.602. The number of benzene rings is 1. The predicted octanol–water partition coefficient (Wildman–Crippen LogP) is 5.66. The molecule has 0 fully saturated rings. The maximum Gasteiger partial charge on any atom is 0.206 e. The van der Waals surface area contributed by atoms with Crippen LogP contribution in [-0.4, -0.2) is 32.6 Å². The second-order valence-electron chi connectivity index (χ2n) is 10.0. The summed E-state index contributed by atoms with van der Waals surface area (Å²) in [5.41, 5.74) is 0. The molecule has 1 aromatic carbocycles. The van der Waals surface area contributed by atoms with E-state index < -0.39 is 34.1 Å². The summed E-state index contributed by atoms with van der Waals surface area (Å²) in [6.07, 6.45) is 0. The van der Waals surface area contributed by atoms with E-state index in [1.54, 1.807) is 12.1 Å². The van der Waals surface area contributed by atoms with Gasteiger partial charge in [0.1, 0.15) is 0 Å². The summed E-state index contributed by atoms with van der Waals surface area (Å²) in [6.45, 7) is 20.8. The first-order chi connectivity index (χ1) is 11.1. The van der Waals surface area contributed by atoms with E-state index in [9.17, 15) is 8.42 Å². The highest BCUT2D eigenvalue weighted by Crippen LogP contribution is 2.51. The highest BCUT2D eigenvalue weighted by atomic mass is 32.2. The SMILES string of the molecule is C[Si](C)(C)C1=C([Si](C)(C)C)C(S(=O)(=O)c2ccccc2)=C1[Si](C)(C)C. The van der Waals surface area contributed by atoms with Gasteiger partial charge in [-0.1, -0.05) is 82.3 Å². The van der Waals surface area contributed by atoms with Gasteiger partial charge in [0.2, 0.25) is 9.84 Å². The summed E-state index contributed by atoms with van der Waals surface area (Å²) in [6, 6.07) is 8.97. The number of sulfone groups is 1. The number of hydrogen-bond donors (Lipinski definition) is 0. The van der Waals surface area contributed by atoms with Gasteiger partial charge in [-0.05, 0) is 22.5 Å². The van der Waals surface area contributed by atoms with E-state index >= 15 is 0 Å². The minimum Gasteiger partial charge on any atom is -0.219 e. The molecule has 1 aliphatic rings. The molecule has 2 rings (SSSR count). The van der Waals surface area contributed by atoms with Crippen LogP contribution in [0.3, 0.4) is 0 Å². The van der Waals surface area contributed by atoms with Crippen molar-refractivity contribution < 1.29 is 8.42 Å². The molecule has 25 heavy (non-hydrogen) atoms. The Morgan fingerprint density at radius 2 is 1.00 bits per heavy atom. The molecule has 0 aromatic heterocycles. The molecule has 0 bridgehead atoms. The molecule has 0 amide bonds. The zero-order valence-corrected chi connectivity index (χ0v) is 20.9. The number of allylic oxidation sites excluding steroid dienone is 3. The third-order valence-corrected chi connectivity index (χ3v) is 13.2. The third-order valence-electron chi connectivity index (χ3n) is 4.53. The fraction of sp³-hybridized carbons (Fsp3) is 0.474. The Morgan fingerprint density at radius 3 is 1.36 bits per heavy atom. The smallest absolute Gasteiger partial charge is 0.206 e. The first-order valence-corrected chi connectivity index (χ1v) is 20.9. The molecular formula is C19H32O2SSi3. The summed E-state index contributed by atoms with van der Waals surface area (Å²) >= 11 is 0. The van der Waals surface area contributed by atoms with Crippen molar-refractivity contribution in [1.82, 2.24) is 0 Å². The zero-order valence-electron chi connectivity index (χ0n) is 17.1. The van der Waals surface area contributed by atoms with Crippen molar-refractivity contribution in [3.8, 4) is 0 Å². The van der Waals surface area contributed by atoms with Crippen molar-refractivity contribution in [2.75, 3.05) is 0 Å². The van der Waals surface area contributed by atoms with E-state index in [1.165, 1.54) is 15.6 Å². The molecule has 0 unspecified atom stereocenters. The van der Waals surface area contributed by atoms with Gasteiger partial charge in [-0.25, -0.2) is 8.42 Å². The highest BCUT2D eigenvalue weighted by Gasteiger charge is 2.50. The van der Waals surface area contributed by atoms with E-state index in [4.69, 9.17) is 0 Å². The second kappa shape index (κ2) is 6.18. The third kappa shape index (κ3) is 3.72. The van der Waals surface area contributed by atoms with Gasteiger partial charge in [-0.3, -0.25) is 0 Å². The van der Waals surface area contributed by atoms with Crippen LogP contribution in [0.1, 0.15) is 0 Å². The first-order valence-electron chi connectivity index (χ1n) is 8.90. The molecule has 0 atom stereocenters. The minimum atomic E-state index is -3.45. The molecule has 0 saturated heterocycles. The number of hydrogen-bond acceptors (Lipinski definition) is 2. The molecule has 0 aliphatic heterocycles. The summed E-state index contributed by atoms with van der Waals surface area (Å²) < 4.78 is 27.1. The van der Waals surface area contributed by atoms with E-state index in [0.717, 1.165) is 0 Å². The minimum absolute atomic E-state index is 0.436. The van der Waals surface area contributed by atoms with Crippen molar-refractivity contribution >= 4 is 34.1 Å². The van der Waals surface area contributed by atoms with Gasteiger partial charge in [-0.15, -0.1) is 0 Å². The Hall–Kier alpha value is -0.699. The first kappa shape index (κ1) is 20.6. The predicted molar refractivity (Wildman–Crippen MR) is 118 cm³/mol.